The van der Waals surface area contributed by atoms with Crippen molar-refractivity contribution >= 4 is 23.2 Å². The van der Waals surface area contributed by atoms with Crippen LogP contribution >= 0.6 is 23.2 Å². The average Bonchev–Trinajstić information content (AvgIpc) is 2.26. The van der Waals surface area contributed by atoms with Gasteiger partial charge in [0, 0.05) is 12.3 Å². The molecular weight excluding hydrogens is 245 g/mol. The third-order valence-electron chi connectivity index (χ3n) is 2.25. The Morgan fingerprint density at radius 3 is 2.62 bits per heavy atom. The molecule has 1 aromatic carbocycles. The normalized spacial score (nSPS) is 10.4. The van der Waals surface area contributed by atoms with Crippen LogP contribution in [0.5, 0.6) is 0 Å². The summed E-state index contributed by atoms with van der Waals surface area (Å²) in [6, 6.07) is 8.48. The van der Waals surface area contributed by atoms with Gasteiger partial charge in [-0.15, -0.1) is 0 Å². The minimum atomic E-state index is -0.130. The average molecular weight is 254 g/mol. The largest absolute Gasteiger partial charge is 0.282 e. The van der Waals surface area contributed by atoms with Crippen molar-refractivity contribution in [2.24, 2.45) is 0 Å². The first-order valence-electron chi connectivity index (χ1n) is 4.73. The van der Waals surface area contributed by atoms with Crippen molar-refractivity contribution in [3.05, 3.63) is 62.5 Å². The van der Waals surface area contributed by atoms with Crippen molar-refractivity contribution in [3.8, 4) is 5.69 Å². The van der Waals surface area contributed by atoms with Gasteiger partial charge in [-0.25, -0.2) is 0 Å². The van der Waals surface area contributed by atoms with E-state index in [0.717, 1.165) is 5.56 Å². The summed E-state index contributed by atoms with van der Waals surface area (Å²) in [6.07, 6.45) is 1.74. The molecule has 0 amide bonds. The number of aryl methyl sites for hydroxylation is 1. The second-order valence-corrected chi connectivity index (χ2v) is 4.27. The number of benzene rings is 1. The molecule has 0 fully saturated rings. The van der Waals surface area contributed by atoms with Gasteiger partial charge in [0.2, 0.25) is 0 Å². The van der Waals surface area contributed by atoms with Gasteiger partial charge in [0.05, 0.1) is 15.7 Å². The second kappa shape index (κ2) is 4.32. The van der Waals surface area contributed by atoms with Crippen molar-refractivity contribution < 1.29 is 0 Å². The van der Waals surface area contributed by atoms with E-state index in [1.807, 2.05) is 6.92 Å². The van der Waals surface area contributed by atoms with Crippen molar-refractivity contribution in [1.29, 1.82) is 0 Å². The smallest absolute Gasteiger partial charge is 0.255 e. The fourth-order valence-electron chi connectivity index (χ4n) is 1.46. The van der Waals surface area contributed by atoms with Gasteiger partial charge in [-0.1, -0.05) is 35.3 Å². The van der Waals surface area contributed by atoms with E-state index in [9.17, 15) is 4.79 Å². The number of pyridine rings is 1. The monoisotopic (exact) mass is 253 g/mol. The molecule has 0 bridgehead atoms. The third kappa shape index (κ3) is 1.99. The van der Waals surface area contributed by atoms with Crippen molar-refractivity contribution in [2.75, 3.05) is 0 Å². The van der Waals surface area contributed by atoms with Crippen LogP contribution in [0, 0.1) is 6.92 Å². The van der Waals surface area contributed by atoms with Crippen LogP contribution in [0.4, 0.5) is 0 Å². The molecule has 1 heterocycles. The number of nitrogens with zero attached hydrogens (tertiary/aromatic N) is 1. The van der Waals surface area contributed by atoms with Gasteiger partial charge in [-0.2, -0.15) is 0 Å². The lowest BCUT2D eigenvalue weighted by molar-refractivity contribution is 0.977. The van der Waals surface area contributed by atoms with Gasteiger partial charge < -0.3 is 0 Å². The Kier molecular flexibility index (Phi) is 3.03. The summed E-state index contributed by atoms with van der Waals surface area (Å²) in [5.74, 6) is 0. The maximum absolute atomic E-state index is 11.7. The van der Waals surface area contributed by atoms with Crippen LogP contribution in [0.1, 0.15) is 5.56 Å². The lowest BCUT2D eigenvalue weighted by Crippen LogP contribution is -2.16. The van der Waals surface area contributed by atoms with E-state index in [4.69, 9.17) is 23.2 Å². The van der Waals surface area contributed by atoms with Crippen molar-refractivity contribution in [1.82, 2.24) is 4.57 Å². The standard InChI is InChI=1S/C12H9Cl2NO/c1-8-5-6-11(16)15(7-8)10-4-2-3-9(13)12(10)14/h2-7H,1H3. The molecule has 0 aliphatic heterocycles. The topological polar surface area (TPSA) is 22.0 Å². The maximum Gasteiger partial charge on any atom is 0.255 e. The highest BCUT2D eigenvalue weighted by Crippen LogP contribution is 2.27. The van der Waals surface area contributed by atoms with Crippen molar-refractivity contribution in [2.45, 2.75) is 6.92 Å². The lowest BCUT2D eigenvalue weighted by Gasteiger charge is -2.09. The minimum Gasteiger partial charge on any atom is -0.282 e. The zero-order valence-corrected chi connectivity index (χ0v) is 10.1. The SMILES string of the molecule is Cc1ccc(=O)n(-c2cccc(Cl)c2Cl)c1. The Morgan fingerprint density at radius 1 is 1.12 bits per heavy atom. The Balaban J connectivity index is 2.72. The van der Waals surface area contributed by atoms with Gasteiger partial charge in [0.1, 0.15) is 0 Å². The first-order valence-corrected chi connectivity index (χ1v) is 5.49. The van der Waals surface area contributed by atoms with E-state index in [1.54, 1.807) is 30.5 Å². The Labute approximate surface area is 103 Å². The molecule has 1 aromatic heterocycles. The molecule has 0 N–H and O–H groups in total. The summed E-state index contributed by atoms with van der Waals surface area (Å²) in [7, 11) is 0. The predicted octanol–water partition coefficient (Wildman–Crippen LogP) is 3.45. The van der Waals surface area contributed by atoms with Crippen LogP contribution in [0.3, 0.4) is 0 Å². The molecule has 0 radical (unpaired) electrons. The molecule has 4 heteroatoms. The van der Waals surface area contributed by atoms with E-state index >= 15 is 0 Å². The number of aromatic nitrogens is 1. The Hall–Kier alpha value is -1.25. The van der Waals surface area contributed by atoms with Crippen LogP contribution in [0.25, 0.3) is 5.69 Å². The van der Waals surface area contributed by atoms with E-state index < -0.39 is 0 Å². The molecule has 0 atom stereocenters. The number of hydrogen-bond donors (Lipinski definition) is 0. The van der Waals surface area contributed by atoms with Crippen LogP contribution < -0.4 is 5.56 Å². The fraction of sp³-hybridized carbons (Fsp3) is 0.0833. The molecule has 0 saturated heterocycles. The second-order valence-electron chi connectivity index (χ2n) is 3.49. The number of hydrogen-bond acceptors (Lipinski definition) is 1. The van der Waals surface area contributed by atoms with Gasteiger partial charge in [0.25, 0.3) is 5.56 Å². The molecule has 16 heavy (non-hydrogen) atoms. The Bertz CT molecular complexity index is 590. The van der Waals surface area contributed by atoms with Gasteiger partial charge in [-0.05, 0) is 24.6 Å². The highest BCUT2D eigenvalue weighted by atomic mass is 35.5. The van der Waals surface area contributed by atoms with E-state index in [-0.39, 0.29) is 5.56 Å². The summed E-state index contributed by atoms with van der Waals surface area (Å²) in [6.45, 7) is 1.91. The summed E-state index contributed by atoms with van der Waals surface area (Å²) in [5.41, 5.74) is 1.45. The molecule has 2 aromatic rings. The van der Waals surface area contributed by atoms with Gasteiger partial charge in [0.15, 0.2) is 0 Å². The third-order valence-corrected chi connectivity index (χ3v) is 3.06. The fourth-order valence-corrected chi connectivity index (χ4v) is 1.85. The van der Waals surface area contributed by atoms with E-state index in [2.05, 4.69) is 0 Å². The molecule has 2 rings (SSSR count). The zero-order valence-electron chi connectivity index (χ0n) is 8.58. The lowest BCUT2D eigenvalue weighted by atomic mass is 10.2. The van der Waals surface area contributed by atoms with Crippen LogP contribution in [0.2, 0.25) is 10.0 Å². The first kappa shape index (κ1) is 11.2. The molecule has 2 nitrogen and oxygen atoms in total. The molecule has 0 aliphatic carbocycles. The summed E-state index contributed by atoms with van der Waals surface area (Å²) < 4.78 is 1.49. The molecule has 0 saturated carbocycles. The number of halogens is 2. The molecule has 0 aliphatic rings. The van der Waals surface area contributed by atoms with E-state index in [0.29, 0.717) is 15.7 Å². The first-order chi connectivity index (χ1) is 7.59. The predicted molar refractivity (Wildman–Crippen MR) is 66.8 cm³/mol. The van der Waals surface area contributed by atoms with Crippen LogP contribution in [-0.4, -0.2) is 4.57 Å². The summed E-state index contributed by atoms with van der Waals surface area (Å²) >= 11 is 12.0. The number of rotatable bonds is 1. The van der Waals surface area contributed by atoms with Crippen molar-refractivity contribution in [3.63, 3.8) is 0 Å². The molecule has 0 unspecified atom stereocenters. The highest BCUT2D eigenvalue weighted by Gasteiger charge is 2.07. The molecule has 82 valence electrons. The Morgan fingerprint density at radius 2 is 1.88 bits per heavy atom. The molecular formula is C12H9Cl2NO. The quantitative estimate of drug-likeness (QED) is 0.763. The zero-order chi connectivity index (χ0) is 11.7. The molecule has 0 spiro atoms. The summed E-state index contributed by atoms with van der Waals surface area (Å²) in [4.78, 5) is 11.7. The van der Waals surface area contributed by atoms with Gasteiger partial charge in [-0.3, -0.25) is 9.36 Å². The van der Waals surface area contributed by atoms with E-state index in [1.165, 1.54) is 10.6 Å². The van der Waals surface area contributed by atoms with Crippen LogP contribution in [-0.2, 0) is 0 Å². The minimum absolute atomic E-state index is 0.130. The van der Waals surface area contributed by atoms with Gasteiger partial charge >= 0.3 is 0 Å². The maximum atomic E-state index is 11.7. The highest BCUT2D eigenvalue weighted by molar-refractivity contribution is 6.43. The van der Waals surface area contributed by atoms with Crippen LogP contribution in [0.15, 0.2) is 41.3 Å². The summed E-state index contributed by atoms with van der Waals surface area (Å²) in [5, 5.41) is 0.824.